The quantitative estimate of drug-likeness (QED) is 0.487. The highest BCUT2D eigenvalue weighted by Crippen LogP contribution is 2.33. The minimum atomic E-state index is -0.356. The van der Waals surface area contributed by atoms with Crippen molar-refractivity contribution >= 4 is 35.0 Å². The smallest absolute Gasteiger partial charge is 0.255 e. The summed E-state index contributed by atoms with van der Waals surface area (Å²) in [7, 11) is 1.58. The van der Waals surface area contributed by atoms with Crippen molar-refractivity contribution < 1.29 is 23.8 Å². The molecule has 4 rings (SSSR count). The minimum absolute atomic E-state index is 0.135. The van der Waals surface area contributed by atoms with Crippen LogP contribution in [0, 0.1) is 0 Å². The van der Waals surface area contributed by atoms with E-state index in [1.807, 2.05) is 31.2 Å². The summed E-state index contributed by atoms with van der Waals surface area (Å²) in [4.78, 5) is 26.1. The molecule has 0 aliphatic carbocycles. The first-order chi connectivity index (χ1) is 16.0. The first-order valence-electron chi connectivity index (χ1n) is 10.4. The highest BCUT2D eigenvalue weighted by atomic mass is 32.2. The van der Waals surface area contributed by atoms with Crippen LogP contribution >= 0.6 is 11.8 Å². The molecule has 1 aliphatic rings. The molecule has 0 saturated heterocycles. The summed E-state index contributed by atoms with van der Waals surface area (Å²) in [6.45, 7) is 2.84. The lowest BCUT2D eigenvalue weighted by Crippen LogP contribution is -2.22. The van der Waals surface area contributed by atoms with Crippen molar-refractivity contribution in [3.63, 3.8) is 0 Å². The Hall–Kier alpha value is -3.65. The number of benzene rings is 3. The van der Waals surface area contributed by atoms with Crippen LogP contribution in [0.2, 0.25) is 0 Å². The Morgan fingerprint density at radius 1 is 0.909 bits per heavy atom. The van der Waals surface area contributed by atoms with Crippen molar-refractivity contribution in [1.29, 1.82) is 0 Å². The van der Waals surface area contributed by atoms with Gasteiger partial charge < -0.3 is 24.8 Å². The van der Waals surface area contributed by atoms with Gasteiger partial charge in [0.2, 0.25) is 5.91 Å². The third kappa shape index (κ3) is 5.78. The molecule has 170 valence electrons. The molecule has 8 heteroatoms. The van der Waals surface area contributed by atoms with Crippen LogP contribution in [0.5, 0.6) is 17.2 Å². The second kappa shape index (κ2) is 10.3. The van der Waals surface area contributed by atoms with Crippen LogP contribution in [0.25, 0.3) is 0 Å². The predicted octanol–water partition coefficient (Wildman–Crippen LogP) is 4.84. The van der Waals surface area contributed by atoms with E-state index in [2.05, 4.69) is 10.6 Å². The monoisotopic (exact) mass is 464 g/mol. The number of anilines is 2. The topological polar surface area (TPSA) is 85.9 Å². The van der Waals surface area contributed by atoms with E-state index in [1.54, 1.807) is 49.6 Å². The Morgan fingerprint density at radius 3 is 2.39 bits per heavy atom. The van der Waals surface area contributed by atoms with Crippen LogP contribution in [0.3, 0.4) is 0 Å². The number of ether oxygens (including phenoxy) is 3. The Labute approximate surface area is 196 Å². The molecule has 0 fully saturated rings. The van der Waals surface area contributed by atoms with Crippen molar-refractivity contribution in [3.8, 4) is 17.2 Å². The summed E-state index contributed by atoms with van der Waals surface area (Å²) < 4.78 is 16.2. The molecule has 0 radical (unpaired) electrons. The molecule has 33 heavy (non-hydrogen) atoms. The van der Waals surface area contributed by atoms with Gasteiger partial charge in [0, 0.05) is 27.9 Å². The number of methoxy groups -OCH3 is 1. The van der Waals surface area contributed by atoms with Crippen molar-refractivity contribution in [2.45, 2.75) is 17.1 Å². The molecule has 1 atom stereocenters. The van der Waals surface area contributed by atoms with Crippen LogP contribution in [0.15, 0.2) is 71.6 Å². The minimum Gasteiger partial charge on any atom is -0.497 e. The standard InChI is InChI=1S/C25H24N2O5S/c1-16(24(28)26-19-8-11-22-23(15-19)32-13-12-31-22)33-21-5-3-4-18(14-21)27-25(29)17-6-9-20(30-2)10-7-17/h3-11,14-16H,12-13H2,1-2H3,(H,26,28)(H,27,29). The van der Waals surface area contributed by atoms with Crippen LogP contribution in [0.4, 0.5) is 11.4 Å². The number of hydrogen-bond donors (Lipinski definition) is 2. The van der Waals surface area contributed by atoms with Gasteiger partial charge in [-0.05, 0) is 61.5 Å². The second-order valence-electron chi connectivity index (χ2n) is 7.32. The predicted molar refractivity (Wildman–Crippen MR) is 129 cm³/mol. The number of thioether (sulfide) groups is 1. The summed E-state index contributed by atoms with van der Waals surface area (Å²) >= 11 is 1.41. The largest absolute Gasteiger partial charge is 0.497 e. The summed E-state index contributed by atoms with van der Waals surface area (Å²) in [6, 6.07) is 19.6. The molecular formula is C25H24N2O5S. The normalized spacial score (nSPS) is 13.0. The maximum Gasteiger partial charge on any atom is 0.255 e. The van der Waals surface area contributed by atoms with Gasteiger partial charge in [0.1, 0.15) is 19.0 Å². The lowest BCUT2D eigenvalue weighted by atomic mass is 10.2. The van der Waals surface area contributed by atoms with Gasteiger partial charge in [-0.3, -0.25) is 9.59 Å². The van der Waals surface area contributed by atoms with E-state index in [4.69, 9.17) is 14.2 Å². The van der Waals surface area contributed by atoms with E-state index in [1.165, 1.54) is 11.8 Å². The van der Waals surface area contributed by atoms with Crippen LogP contribution < -0.4 is 24.8 Å². The van der Waals surface area contributed by atoms with Crippen molar-refractivity contribution in [2.24, 2.45) is 0 Å². The molecule has 1 unspecified atom stereocenters. The van der Waals surface area contributed by atoms with Gasteiger partial charge in [-0.1, -0.05) is 6.07 Å². The molecule has 0 aromatic heterocycles. The fourth-order valence-electron chi connectivity index (χ4n) is 3.22. The number of rotatable bonds is 7. The van der Waals surface area contributed by atoms with Crippen LogP contribution in [-0.4, -0.2) is 37.4 Å². The molecular weight excluding hydrogens is 440 g/mol. The third-order valence-electron chi connectivity index (χ3n) is 4.94. The van der Waals surface area contributed by atoms with Gasteiger partial charge in [-0.25, -0.2) is 0 Å². The molecule has 7 nitrogen and oxygen atoms in total. The molecule has 1 aliphatic heterocycles. The molecule has 0 bridgehead atoms. The van der Waals surface area contributed by atoms with Crippen LogP contribution in [-0.2, 0) is 4.79 Å². The number of fused-ring (bicyclic) bond motifs is 1. The fourth-order valence-corrected chi connectivity index (χ4v) is 4.14. The van der Waals surface area contributed by atoms with Gasteiger partial charge in [0.15, 0.2) is 11.5 Å². The van der Waals surface area contributed by atoms with Gasteiger partial charge in [0.05, 0.1) is 12.4 Å². The lowest BCUT2D eigenvalue weighted by Gasteiger charge is -2.19. The molecule has 2 N–H and O–H groups in total. The first kappa shape index (κ1) is 22.5. The van der Waals surface area contributed by atoms with Gasteiger partial charge in [0.25, 0.3) is 5.91 Å². The number of amides is 2. The highest BCUT2D eigenvalue weighted by Gasteiger charge is 2.17. The Kier molecular flexibility index (Phi) is 7.04. The lowest BCUT2D eigenvalue weighted by molar-refractivity contribution is -0.115. The van der Waals surface area contributed by atoms with Gasteiger partial charge in [-0.15, -0.1) is 11.8 Å². The Morgan fingerprint density at radius 2 is 1.64 bits per heavy atom. The molecule has 1 heterocycles. The van der Waals surface area contributed by atoms with E-state index in [0.717, 1.165) is 4.90 Å². The van der Waals surface area contributed by atoms with E-state index < -0.39 is 0 Å². The summed E-state index contributed by atoms with van der Waals surface area (Å²) in [5, 5.41) is 5.45. The van der Waals surface area contributed by atoms with E-state index in [-0.39, 0.29) is 17.1 Å². The number of carbonyl (C=O) groups excluding carboxylic acids is 2. The molecule has 3 aromatic carbocycles. The molecule has 0 saturated carbocycles. The third-order valence-corrected chi connectivity index (χ3v) is 6.03. The molecule has 3 aromatic rings. The van der Waals surface area contributed by atoms with E-state index >= 15 is 0 Å². The zero-order valence-corrected chi connectivity index (χ0v) is 19.1. The highest BCUT2D eigenvalue weighted by molar-refractivity contribution is 8.00. The molecule has 2 amide bonds. The first-order valence-corrected chi connectivity index (χ1v) is 11.3. The zero-order chi connectivity index (χ0) is 23.2. The average molecular weight is 465 g/mol. The van der Waals surface area contributed by atoms with Gasteiger partial charge in [-0.2, -0.15) is 0 Å². The van der Waals surface area contributed by atoms with Gasteiger partial charge >= 0.3 is 0 Å². The summed E-state index contributed by atoms with van der Waals surface area (Å²) in [6.07, 6.45) is 0. The number of nitrogens with one attached hydrogen (secondary N) is 2. The summed E-state index contributed by atoms with van der Waals surface area (Å²) in [5.41, 5.74) is 1.83. The average Bonchev–Trinajstić information content (AvgIpc) is 2.84. The second-order valence-corrected chi connectivity index (χ2v) is 8.73. The Balaban J connectivity index is 1.36. The number of hydrogen-bond acceptors (Lipinski definition) is 6. The van der Waals surface area contributed by atoms with Crippen molar-refractivity contribution in [3.05, 3.63) is 72.3 Å². The van der Waals surface area contributed by atoms with Crippen molar-refractivity contribution in [1.82, 2.24) is 0 Å². The summed E-state index contributed by atoms with van der Waals surface area (Å²) in [5.74, 6) is 1.64. The van der Waals surface area contributed by atoms with E-state index in [9.17, 15) is 9.59 Å². The SMILES string of the molecule is COc1ccc(C(=O)Nc2cccc(SC(C)C(=O)Nc3ccc4c(c3)OCCO4)c2)cc1. The molecule has 0 spiro atoms. The fraction of sp³-hybridized carbons (Fsp3) is 0.200. The number of carbonyl (C=O) groups is 2. The van der Waals surface area contributed by atoms with E-state index in [0.29, 0.717) is 47.4 Å². The van der Waals surface area contributed by atoms with Crippen molar-refractivity contribution in [2.75, 3.05) is 31.0 Å². The maximum atomic E-state index is 12.7. The zero-order valence-electron chi connectivity index (χ0n) is 18.3. The Bertz CT molecular complexity index is 1150. The maximum absolute atomic E-state index is 12.7. The van der Waals surface area contributed by atoms with Crippen LogP contribution in [0.1, 0.15) is 17.3 Å².